The molecule has 0 aliphatic carbocycles. The lowest BCUT2D eigenvalue weighted by Gasteiger charge is -2.08. The van der Waals surface area contributed by atoms with Crippen molar-refractivity contribution in [2.45, 2.75) is 5.51 Å². The van der Waals surface area contributed by atoms with Crippen molar-refractivity contribution < 1.29 is 26.7 Å². The molecule has 0 aliphatic heterocycles. The van der Waals surface area contributed by atoms with Gasteiger partial charge in [-0.15, -0.1) is 0 Å². The second-order valence-corrected chi connectivity index (χ2v) is 4.56. The monoisotopic (exact) mass is 300 g/mol. The number of anilines is 1. The Morgan fingerprint density at radius 3 is 2.26 bits per heavy atom. The molecular formula is C10H9F5N2OS. The fraction of sp³-hybridized carbons (Fsp3) is 0.300. The van der Waals surface area contributed by atoms with Crippen LogP contribution in [0.1, 0.15) is 10.4 Å². The van der Waals surface area contributed by atoms with Gasteiger partial charge in [0.1, 0.15) is 17.3 Å². The molecule has 3 N–H and O–H groups in total. The summed E-state index contributed by atoms with van der Waals surface area (Å²) in [6.07, 6.45) is 0. The highest BCUT2D eigenvalue weighted by atomic mass is 32.2. The van der Waals surface area contributed by atoms with Gasteiger partial charge in [-0.1, -0.05) is 0 Å². The molecule has 106 valence electrons. The molecule has 0 bridgehead atoms. The zero-order valence-electron chi connectivity index (χ0n) is 9.35. The lowest BCUT2D eigenvalue weighted by molar-refractivity contribution is -0.0327. The highest BCUT2D eigenvalue weighted by molar-refractivity contribution is 8.00. The second kappa shape index (κ2) is 6.09. The molecule has 1 aromatic rings. The summed E-state index contributed by atoms with van der Waals surface area (Å²) in [6.45, 7) is -0.281. The van der Waals surface area contributed by atoms with Crippen LogP contribution in [0.15, 0.2) is 12.1 Å². The maximum Gasteiger partial charge on any atom is 0.441 e. The Labute approximate surface area is 109 Å². The van der Waals surface area contributed by atoms with Gasteiger partial charge < -0.3 is 11.1 Å². The average molecular weight is 300 g/mol. The van der Waals surface area contributed by atoms with Gasteiger partial charge in [-0.3, -0.25) is 4.79 Å². The van der Waals surface area contributed by atoms with E-state index in [4.69, 9.17) is 5.73 Å². The smallest absolute Gasteiger partial charge is 0.394 e. The lowest BCUT2D eigenvalue weighted by atomic mass is 10.2. The Morgan fingerprint density at radius 1 is 1.26 bits per heavy atom. The molecule has 1 rings (SSSR count). The molecule has 0 saturated heterocycles. The Hall–Kier alpha value is -1.51. The van der Waals surface area contributed by atoms with E-state index in [2.05, 4.69) is 5.32 Å². The number of nitrogen functional groups attached to an aromatic ring is 1. The minimum absolute atomic E-state index is 0.281. The first-order chi connectivity index (χ1) is 8.70. The van der Waals surface area contributed by atoms with E-state index in [-0.39, 0.29) is 23.9 Å². The summed E-state index contributed by atoms with van der Waals surface area (Å²) in [6, 6.07) is 1.43. The number of hydrogen-bond acceptors (Lipinski definition) is 3. The highest BCUT2D eigenvalue weighted by Crippen LogP contribution is 2.29. The van der Waals surface area contributed by atoms with Crippen LogP contribution in [-0.2, 0) is 0 Å². The van der Waals surface area contributed by atoms with E-state index in [0.717, 1.165) is 0 Å². The standard InChI is InChI=1S/C10H9F5N2OS/c11-6-3-5(4-7(12)8(6)16)9(18)17-1-2-19-10(13,14)15/h3-4H,1-2,16H2,(H,17,18). The molecule has 0 aromatic heterocycles. The van der Waals surface area contributed by atoms with Crippen molar-refractivity contribution in [2.75, 3.05) is 18.0 Å². The van der Waals surface area contributed by atoms with Crippen molar-refractivity contribution >= 4 is 23.4 Å². The molecular weight excluding hydrogens is 291 g/mol. The average Bonchev–Trinajstić information content (AvgIpc) is 2.29. The number of benzene rings is 1. The summed E-state index contributed by atoms with van der Waals surface area (Å²) in [5.41, 5.74) is -0.439. The van der Waals surface area contributed by atoms with Crippen molar-refractivity contribution in [1.29, 1.82) is 0 Å². The predicted molar refractivity (Wildman–Crippen MR) is 61.6 cm³/mol. The highest BCUT2D eigenvalue weighted by Gasteiger charge is 2.27. The third kappa shape index (κ3) is 4.93. The Kier molecular flexibility index (Phi) is 4.98. The molecule has 19 heavy (non-hydrogen) atoms. The molecule has 9 heteroatoms. The fourth-order valence-electron chi connectivity index (χ4n) is 1.15. The van der Waals surface area contributed by atoms with E-state index in [9.17, 15) is 26.7 Å². The van der Waals surface area contributed by atoms with E-state index in [1.165, 1.54) is 0 Å². The van der Waals surface area contributed by atoms with E-state index < -0.39 is 34.5 Å². The maximum atomic E-state index is 13.0. The molecule has 1 amide bonds. The van der Waals surface area contributed by atoms with Crippen molar-refractivity contribution in [3.8, 4) is 0 Å². The number of carbonyl (C=O) groups excluding carboxylic acids is 1. The molecule has 0 saturated carbocycles. The quantitative estimate of drug-likeness (QED) is 0.510. The van der Waals surface area contributed by atoms with Crippen LogP contribution >= 0.6 is 11.8 Å². The van der Waals surface area contributed by atoms with Gasteiger partial charge in [-0.2, -0.15) is 13.2 Å². The van der Waals surface area contributed by atoms with E-state index in [1.54, 1.807) is 0 Å². The van der Waals surface area contributed by atoms with Crippen molar-refractivity contribution in [1.82, 2.24) is 5.32 Å². The Balaban J connectivity index is 2.55. The van der Waals surface area contributed by atoms with Crippen molar-refractivity contribution in [3.63, 3.8) is 0 Å². The number of rotatable bonds is 4. The number of amides is 1. The summed E-state index contributed by atoms with van der Waals surface area (Å²) >= 11 is -0.303. The number of halogens is 5. The molecule has 0 atom stereocenters. The molecule has 0 radical (unpaired) electrons. The van der Waals surface area contributed by atoms with Crippen LogP contribution in [0.4, 0.5) is 27.6 Å². The van der Waals surface area contributed by atoms with Crippen LogP contribution in [0.3, 0.4) is 0 Å². The van der Waals surface area contributed by atoms with Gasteiger partial charge in [-0.25, -0.2) is 8.78 Å². The minimum atomic E-state index is -4.38. The summed E-state index contributed by atoms with van der Waals surface area (Å²) in [7, 11) is 0. The number of alkyl halides is 3. The second-order valence-electron chi connectivity index (χ2n) is 3.40. The van der Waals surface area contributed by atoms with E-state index in [1.807, 2.05) is 0 Å². The Bertz CT molecular complexity index is 454. The molecule has 3 nitrogen and oxygen atoms in total. The van der Waals surface area contributed by atoms with Crippen LogP contribution in [0, 0.1) is 11.6 Å². The topological polar surface area (TPSA) is 55.1 Å². The van der Waals surface area contributed by atoms with Crippen LogP contribution in [0.2, 0.25) is 0 Å². The van der Waals surface area contributed by atoms with Crippen molar-refractivity contribution in [2.24, 2.45) is 0 Å². The molecule has 0 heterocycles. The number of thioether (sulfide) groups is 1. The first kappa shape index (κ1) is 15.5. The van der Waals surface area contributed by atoms with Gasteiger partial charge in [0.25, 0.3) is 5.91 Å². The van der Waals surface area contributed by atoms with Gasteiger partial charge in [0.05, 0.1) is 0 Å². The third-order valence-corrected chi connectivity index (χ3v) is 2.73. The van der Waals surface area contributed by atoms with Crippen molar-refractivity contribution in [3.05, 3.63) is 29.3 Å². The Morgan fingerprint density at radius 2 is 1.79 bits per heavy atom. The predicted octanol–water partition coefficient (Wildman–Crippen LogP) is 2.53. The zero-order valence-corrected chi connectivity index (χ0v) is 10.2. The SMILES string of the molecule is Nc1c(F)cc(C(=O)NCCSC(F)(F)F)cc1F. The first-order valence-electron chi connectivity index (χ1n) is 4.94. The number of nitrogens with two attached hydrogens (primary N) is 1. The fourth-order valence-corrected chi connectivity index (χ4v) is 1.58. The number of hydrogen-bond donors (Lipinski definition) is 2. The van der Waals surface area contributed by atoms with Gasteiger partial charge >= 0.3 is 5.51 Å². The molecule has 0 aliphatic rings. The lowest BCUT2D eigenvalue weighted by Crippen LogP contribution is -2.26. The van der Waals surface area contributed by atoms with Crippen LogP contribution in [-0.4, -0.2) is 23.7 Å². The van der Waals surface area contributed by atoms with Gasteiger partial charge in [0.15, 0.2) is 0 Å². The van der Waals surface area contributed by atoms with E-state index in [0.29, 0.717) is 12.1 Å². The molecule has 1 aromatic carbocycles. The molecule has 0 fully saturated rings. The summed E-state index contributed by atoms with van der Waals surface area (Å²) < 4.78 is 61.5. The maximum absolute atomic E-state index is 13.0. The summed E-state index contributed by atoms with van der Waals surface area (Å²) in [5.74, 6) is -3.47. The van der Waals surface area contributed by atoms with Gasteiger partial charge in [0.2, 0.25) is 0 Å². The number of nitrogens with one attached hydrogen (secondary N) is 1. The third-order valence-electron chi connectivity index (χ3n) is 1.99. The van der Waals surface area contributed by atoms with E-state index >= 15 is 0 Å². The normalized spacial score (nSPS) is 11.4. The largest absolute Gasteiger partial charge is 0.441 e. The molecule has 0 unspecified atom stereocenters. The number of carbonyl (C=O) groups is 1. The van der Waals surface area contributed by atoms with Crippen LogP contribution in [0.25, 0.3) is 0 Å². The first-order valence-corrected chi connectivity index (χ1v) is 5.92. The van der Waals surface area contributed by atoms with Gasteiger partial charge in [0, 0.05) is 17.9 Å². The summed E-state index contributed by atoms with van der Waals surface area (Å²) in [5, 5.41) is 2.11. The van der Waals surface area contributed by atoms with Crippen LogP contribution in [0.5, 0.6) is 0 Å². The van der Waals surface area contributed by atoms with Crippen LogP contribution < -0.4 is 11.1 Å². The summed E-state index contributed by atoms with van der Waals surface area (Å²) in [4.78, 5) is 11.4. The zero-order chi connectivity index (χ0) is 14.6. The van der Waals surface area contributed by atoms with Gasteiger partial charge in [-0.05, 0) is 23.9 Å². The molecule has 0 spiro atoms. The minimum Gasteiger partial charge on any atom is -0.394 e.